The highest BCUT2D eigenvalue weighted by molar-refractivity contribution is 5.86. The SMILES string of the molecule is C[C@@H](NC(=O)[C@](C)(N)C1CC1)c1ccc(Oc2ccccc2)c(F)c1. The van der Waals surface area contributed by atoms with Gasteiger partial charge in [-0.25, -0.2) is 4.39 Å². The zero-order valence-corrected chi connectivity index (χ0v) is 14.5. The Hall–Kier alpha value is -2.40. The van der Waals surface area contributed by atoms with Gasteiger partial charge in [0.25, 0.3) is 0 Å². The molecular formula is C20H23FN2O2. The minimum atomic E-state index is -0.872. The van der Waals surface area contributed by atoms with Crippen LogP contribution in [0.1, 0.15) is 38.3 Å². The van der Waals surface area contributed by atoms with Crippen molar-refractivity contribution in [1.82, 2.24) is 5.32 Å². The first-order valence-electron chi connectivity index (χ1n) is 8.50. The van der Waals surface area contributed by atoms with Crippen molar-refractivity contribution < 1.29 is 13.9 Å². The molecule has 0 bridgehead atoms. The van der Waals surface area contributed by atoms with Gasteiger partial charge in [0.1, 0.15) is 5.75 Å². The second kappa shape index (κ2) is 6.84. The van der Waals surface area contributed by atoms with Gasteiger partial charge in [0.2, 0.25) is 5.91 Å². The Labute approximate surface area is 147 Å². The summed E-state index contributed by atoms with van der Waals surface area (Å²) in [6.45, 7) is 3.57. The van der Waals surface area contributed by atoms with Crippen LogP contribution in [-0.4, -0.2) is 11.4 Å². The molecule has 1 aliphatic rings. The highest BCUT2D eigenvalue weighted by atomic mass is 19.1. The topological polar surface area (TPSA) is 64.4 Å². The smallest absolute Gasteiger partial charge is 0.240 e. The van der Waals surface area contributed by atoms with Gasteiger partial charge < -0.3 is 15.8 Å². The van der Waals surface area contributed by atoms with Crippen molar-refractivity contribution in [2.45, 2.75) is 38.3 Å². The Morgan fingerprint density at radius 1 is 1.28 bits per heavy atom. The highest BCUT2D eigenvalue weighted by Crippen LogP contribution is 2.38. The summed E-state index contributed by atoms with van der Waals surface area (Å²) < 4.78 is 19.9. The van der Waals surface area contributed by atoms with Gasteiger partial charge in [-0.15, -0.1) is 0 Å². The summed E-state index contributed by atoms with van der Waals surface area (Å²) in [5.74, 6) is 0.278. The quantitative estimate of drug-likeness (QED) is 0.836. The summed E-state index contributed by atoms with van der Waals surface area (Å²) in [5.41, 5.74) is 5.92. The molecule has 1 amide bonds. The fraction of sp³-hybridized carbons (Fsp3) is 0.350. The van der Waals surface area contributed by atoms with Gasteiger partial charge >= 0.3 is 0 Å². The highest BCUT2D eigenvalue weighted by Gasteiger charge is 2.44. The average molecular weight is 342 g/mol. The third-order valence-electron chi connectivity index (χ3n) is 4.69. The third kappa shape index (κ3) is 3.99. The fourth-order valence-corrected chi connectivity index (χ4v) is 2.79. The molecule has 0 radical (unpaired) electrons. The first-order chi connectivity index (χ1) is 11.9. The Morgan fingerprint density at radius 2 is 1.96 bits per heavy atom. The number of rotatable bonds is 6. The molecule has 2 aromatic rings. The largest absolute Gasteiger partial charge is 0.454 e. The Kier molecular flexibility index (Phi) is 4.77. The molecular weight excluding hydrogens is 319 g/mol. The van der Waals surface area contributed by atoms with Crippen molar-refractivity contribution in [2.75, 3.05) is 0 Å². The molecule has 4 nitrogen and oxygen atoms in total. The monoisotopic (exact) mass is 342 g/mol. The lowest BCUT2D eigenvalue weighted by atomic mass is 9.95. The van der Waals surface area contributed by atoms with Crippen LogP contribution in [0, 0.1) is 11.7 Å². The van der Waals surface area contributed by atoms with Crippen molar-refractivity contribution >= 4 is 5.91 Å². The molecule has 5 heteroatoms. The second-order valence-corrected chi connectivity index (χ2v) is 6.86. The van der Waals surface area contributed by atoms with Crippen LogP contribution in [0.5, 0.6) is 11.5 Å². The van der Waals surface area contributed by atoms with E-state index in [2.05, 4.69) is 5.32 Å². The normalized spacial score (nSPS) is 17.4. The van der Waals surface area contributed by atoms with E-state index in [0.717, 1.165) is 12.8 Å². The van der Waals surface area contributed by atoms with Crippen LogP contribution < -0.4 is 15.8 Å². The molecule has 25 heavy (non-hydrogen) atoms. The van der Waals surface area contributed by atoms with Crippen molar-refractivity contribution in [3.8, 4) is 11.5 Å². The minimum absolute atomic E-state index is 0.148. The van der Waals surface area contributed by atoms with Crippen molar-refractivity contribution in [3.63, 3.8) is 0 Å². The molecule has 0 saturated heterocycles. The van der Waals surface area contributed by atoms with E-state index in [1.807, 2.05) is 25.1 Å². The molecule has 2 aromatic carbocycles. The van der Waals surface area contributed by atoms with Crippen LogP contribution in [0.2, 0.25) is 0 Å². The van der Waals surface area contributed by atoms with Gasteiger partial charge in [-0.05, 0) is 62.4 Å². The predicted molar refractivity (Wildman–Crippen MR) is 94.8 cm³/mol. The first kappa shape index (κ1) is 17.4. The zero-order valence-electron chi connectivity index (χ0n) is 14.5. The molecule has 3 rings (SSSR count). The molecule has 1 saturated carbocycles. The molecule has 0 aliphatic heterocycles. The lowest BCUT2D eigenvalue weighted by Gasteiger charge is -2.26. The maximum absolute atomic E-state index is 14.3. The molecule has 1 aliphatic carbocycles. The average Bonchev–Trinajstić information content (AvgIpc) is 3.43. The van der Waals surface area contributed by atoms with E-state index in [9.17, 15) is 9.18 Å². The van der Waals surface area contributed by atoms with E-state index in [0.29, 0.717) is 11.3 Å². The van der Waals surface area contributed by atoms with Crippen LogP contribution in [0.25, 0.3) is 0 Å². The van der Waals surface area contributed by atoms with Crippen LogP contribution in [0.3, 0.4) is 0 Å². The number of halogens is 1. The summed E-state index contributed by atoms with van der Waals surface area (Å²) in [6, 6.07) is 13.4. The standard InChI is InChI=1S/C20H23FN2O2/c1-13(23-19(24)20(2,22)15-9-10-15)14-8-11-18(17(21)12-14)25-16-6-4-3-5-7-16/h3-8,11-13,15H,9-10,22H2,1-2H3,(H,23,24)/t13-,20-/m1/s1. The Balaban J connectivity index is 1.68. The third-order valence-corrected chi connectivity index (χ3v) is 4.69. The van der Waals surface area contributed by atoms with Gasteiger partial charge in [0, 0.05) is 0 Å². The molecule has 0 heterocycles. The van der Waals surface area contributed by atoms with Gasteiger partial charge in [-0.1, -0.05) is 24.3 Å². The van der Waals surface area contributed by atoms with E-state index < -0.39 is 11.4 Å². The van der Waals surface area contributed by atoms with Crippen LogP contribution >= 0.6 is 0 Å². The summed E-state index contributed by atoms with van der Waals surface area (Å²) in [5, 5.41) is 2.88. The number of amides is 1. The number of ether oxygens (including phenoxy) is 1. The van der Waals surface area contributed by atoms with Gasteiger partial charge in [-0.2, -0.15) is 0 Å². The van der Waals surface area contributed by atoms with E-state index in [-0.39, 0.29) is 23.6 Å². The molecule has 0 aromatic heterocycles. The van der Waals surface area contributed by atoms with E-state index in [1.54, 1.807) is 31.2 Å². The first-order valence-corrected chi connectivity index (χ1v) is 8.50. The molecule has 1 fully saturated rings. The molecule has 2 atom stereocenters. The number of benzene rings is 2. The molecule has 0 spiro atoms. The summed E-state index contributed by atoms with van der Waals surface area (Å²) >= 11 is 0. The summed E-state index contributed by atoms with van der Waals surface area (Å²) in [4.78, 5) is 12.4. The van der Waals surface area contributed by atoms with E-state index in [1.165, 1.54) is 6.07 Å². The fourth-order valence-electron chi connectivity index (χ4n) is 2.79. The number of hydrogen-bond donors (Lipinski definition) is 2. The Morgan fingerprint density at radius 3 is 2.56 bits per heavy atom. The van der Waals surface area contributed by atoms with Gasteiger partial charge in [-0.3, -0.25) is 4.79 Å². The Bertz CT molecular complexity index is 758. The van der Waals surface area contributed by atoms with Crippen molar-refractivity contribution in [1.29, 1.82) is 0 Å². The summed E-state index contributed by atoms with van der Waals surface area (Å²) in [7, 11) is 0. The number of carbonyl (C=O) groups is 1. The number of carbonyl (C=O) groups excluding carboxylic acids is 1. The maximum Gasteiger partial charge on any atom is 0.240 e. The second-order valence-electron chi connectivity index (χ2n) is 6.86. The number of para-hydroxylation sites is 1. The number of nitrogens with two attached hydrogens (primary N) is 1. The molecule has 132 valence electrons. The predicted octanol–water partition coefficient (Wildman–Crippen LogP) is 3.92. The minimum Gasteiger partial charge on any atom is -0.454 e. The zero-order chi connectivity index (χ0) is 18.0. The molecule has 3 N–H and O–H groups in total. The van der Waals surface area contributed by atoms with Gasteiger partial charge in [0.05, 0.1) is 11.6 Å². The van der Waals surface area contributed by atoms with Crippen LogP contribution in [0.4, 0.5) is 4.39 Å². The maximum atomic E-state index is 14.3. The lowest BCUT2D eigenvalue weighted by Crippen LogP contribution is -2.53. The lowest BCUT2D eigenvalue weighted by molar-refractivity contribution is -0.127. The van der Waals surface area contributed by atoms with Crippen molar-refractivity contribution in [2.24, 2.45) is 11.7 Å². The van der Waals surface area contributed by atoms with Crippen molar-refractivity contribution in [3.05, 3.63) is 59.9 Å². The number of hydrogen-bond acceptors (Lipinski definition) is 3. The summed E-state index contributed by atoms with van der Waals surface area (Å²) in [6.07, 6.45) is 1.96. The van der Waals surface area contributed by atoms with E-state index in [4.69, 9.17) is 10.5 Å². The van der Waals surface area contributed by atoms with Crippen LogP contribution in [0.15, 0.2) is 48.5 Å². The van der Waals surface area contributed by atoms with Gasteiger partial charge in [0.15, 0.2) is 11.6 Å². The number of nitrogens with one attached hydrogen (secondary N) is 1. The molecule has 0 unspecified atom stereocenters. The van der Waals surface area contributed by atoms with E-state index >= 15 is 0 Å². The van der Waals surface area contributed by atoms with Crippen LogP contribution in [-0.2, 0) is 4.79 Å².